The molecule has 0 heterocycles. The van der Waals surface area contributed by atoms with Gasteiger partial charge in [-0.1, -0.05) is 19.9 Å². The van der Waals surface area contributed by atoms with Crippen molar-refractivity contribution in [3.8, 4) is 5.75 Å². The molecular formula is C16H22O4. The van der Waals surface area contributed by atoms with Crippen molar-refractivity contribution >= 4 is 12.0 Å². The molecule has 1 atom stereocenters. The van der Waals surface area contributed by atoms with Crippen LogP contribution in [-0.4, -0.2) is 24.3 Å². The number of hydrogen-bond donors (Lipinski definition) is 1. The first-order chi connectivity index (χ1) is 9.43. The summed E-state index contributed by atoms with van der Waals surface area (Å²) in [6.07, 6.45) is 2.80. The van der Waals surface area contributed by atoms with Crippen molar-refractivity contribution in [3.05, 3.63) is 35.4 Å². The average molecular weight is 278 g/mol. The molecular weight excluding hydrogens is 256 g/mol. The number of ether oxygens (including phenoxy) is 2. The van der Waals surface area contributed by atoms with Crippen LogP contribution in [-0.2, 0) is 16.1 Å². The van der Waals surface area contributed by atoms with E-state index in [2.05, 4.69) is 13.8 Å². The van der Waals surface area contributed by atoms with Gasteiger partial charge in [0.15, 0.2) is 0 Å². The number of benzene rings is 1. The third kappa shape index (κ3) is 5.05. The SMILES string of the molecule is COc1ccc(COC(C)C(C)C)cc1/C=C/C(=O)O. The number of rotatable bonds is 7. The summed E-state index contributed by atoms with van der Waals surface area (Å²) in [7, 11) is 1.56. The van der Waals surface area contributed by atoms with Gasteiger partial charge in [-0.3, -0.25) is 0 Å². The number of carboxylic acid groups (broad SMARTS) is 1. The highest BCUT2D eigenvalue weighted by Gasteiger charge is 2.08. The summed E-state index contributed by atoms with van der Waals surface area (Å²) in [5.74, 6) is 0.116. The summed E-state index contributed by atoms with van der Waals surface area (Å²) >= 11 is 0. The summed E-state index contributed by atoms with van der Waals surface area (Å²) in [5.41, 5.74) is 1.72. The van der Waals surface area contributed by atoms with Crippen LogP contribution in [0.2, 0.25) is 0 Å². The van der Waals surface area contributed by atoms with Crippen LogP contribution in [0, 0.1) is 5.92 Å². The maximum absolute atomic E-state index is 10.6. The zero-order valence-electron chi connectivity index (χ0n) is 12.4. The summed E-state index contributed by atoms with van der Waals surface area (Å²) in [5, 5.41) is 8.69. The predicted octanol–water partition coefficient (Wildman–Crippen LogP) is 3.35. The lowest BCUT2D eigenvalue weighted by Crippen LogP contribution is -2.15. The predicted molar refractivity (Wildman–Crippen MR) is 78.8 cm³/mol. The first kappa shape index (κ1) is 16.2. The number of carboxylic acids is 1. The van der Waals surface area contributed by atoms with Crippen LogP contribution in [0.15, 0.2) is 24.3 Å². The van der Waals surface area contributed by atoms with Crippen LogP contribution in [0.4, 0.5) is 0 Å². The Morgan fingerprint density at radius 1 is 1.35 bits per heavy atom. The molecule has 0 aliphatic carbocycles. The Morgan fingerprint density at radius 3 is 2.60 bits per heavy atom. The molecule has 0 fully saturated rings. The largest absolute Gasteiger partial charge is 0.496 e. The second kappa shape index (κ2) is 7.70. The molecule has 0 aliphatic heterocycles. The van der Waals surface area contributed by atoms with E-state index in [1.807, 2.05) is 25.1 Å². The highest BCUT2D eigenvalue weighted by molar-refractivity contribution is 5.85. The molecule has 0 amide bonds. The Bertz CT molecular complexity index is 477. The van der Waals surface area contributed by atoms with E-state index >= 15 is 0 Å². The molecule has 0 saturated carbocycles. The third-order valence-electron chi connectivity index (χ3n) is 3.15. The molecule has 0 spiro atoms. The standard InChI is InChI=1S/C16H22O4/c1-11(2)12(3)20-10-13-5-7-15(19-4)14(9-13)6-8-16(17)18/h5-9,11-12H,10H2,1-4H3,(H,17,18)/b8-6+. The van der Waals surface area contributed by atoms with E-state index in [0.29, 0.717) is 18.3 Å². The zero-order valence-corrected chi connectivity index (χ0v) is 12.4. The molecule has 1 unspecified atom stereocenters. The lowest BCUT2D eigenvalue weighted by Gasteiger charge is -2.17. The number of aliphatic carboxylic acids is 1. The Kier molecular flexibility index (Phi) is 6.25. The molecule has 1 aromatic carbocycles. The first-order valence-electron chi connectivity index (χ1n) is 6.63. The maximum Gasteiger partial charge on any atom is 0.328 e. The van der Waals surface area contributed by atoms with Crippen LogP contribution in [0.3, 0.4) is 0 Å². The highest BCUT2D eigenvalue weighted by atomic mass is 16.5. The third-order valence-corrected chi connectivity index (χ3v) is 3.15. The maximum atomic E-state index is 10.6. The second-order valence-electron chi connectivity index (χ2n) is 5.01. The van der Waals surface area contributed by atoms with E-state index in [1.54, 1.807) is 7.11 Å². The molecule has 4 heteroatoms. The quantitative estimate of drug-likeness (QED) is 0.777. The van der Waals surface area contributed by atoms with Crippen LogP contribution in [0.25, 0.3) is 6.08 Å². The van der Waals surface area contributed by atoms with Gasteiger partial charge in [0, 0.05) is 11.6 Å². The fraction of sp³-hybridized carbons (Fsp3) is 0.438. The monoisotopic (exact) mass is 278 g/mol. The number of hydrogen-bond acceptors (Lipinski definition) is 3. The van der Waals surface area contributed by atoms with E-state index in [-0.39, 0.29) is 6.10 Å². The molecule has 20 heavy (non-hydrogen) atoms. The Labute approximate surface area is 120 Å². The van der Waals surface area contributed by atoms with Gasteiger partial charge in [0.05, 0.1) is 19.8 Å². The molecule has 0 bridgehead atoms. The van der Waals surface area contributed by atoms with Crippen molar-refractivity contribution in [3.63, 3.8) is 0 Å². The fourth-order valence-electron chi connectivity index (χ4n) is 1.59. The molecule has 1 aromatic rings. The van der Waals surface area contributed by atoms with E-state index in [9.17, 15) is 4.79 Å². The van der Waals surface area contributed by atoms with Gasteiger partial charge in [0.1, 0.15) is 5.75 Å². The van der Waals surface area contributed by atoms with Crippen molar-refractivity contribution in [2.45, 2.75) is 33.5 Å². The molecule has 0 radical (unpaired) electrons. The van der Waals surface area contributed by atoms with Gasteiger partial charge in [-0.2, -0.15) is 0 Å². The van der Waals surface area contributed by atoms with Crippen molar-refractivity contribution in [1.82, 2.24) is 0 Å². The zero-order chi connectivity index (χ0) is 15.1. The van der Waals surface area contributed by atoms with E-state index in [4.69, 9.17) is 14.6 Å². The van der Waals surface area contributed by atoms with Gasteiger partial charge in [0.2, 0.25) is 0 Å². The molecule has 0 saturated heterocycles. The summed E-state index contributed by atoms with van der Waals surface area (Å²) in [6, 6.07) is 5.62. The molecule has 4 nitrogen and oxygen atoms in total. The van der Waals surface area contributed by atoms with Gasteiger partial charge < -0.3 is 14.6 Å². The van der Waals surface area contributed by atoms with Gasteiger partial charge in [-0.05, 0) is 36.6 Å². The minimum atomic E-state index is -0.984. The summed E-state index contributed by atoms with van der Waals surface area (Å²) in [6.45, 7) is 6.76. The normalized spacial score (nSPS) is 12.8. The van der Waals surface area contributed by atoms with Crippen molar-refractivity contribution < 1.29 is 19.4 Å². The summed E-state index contributed by atoms with van der Waals surface area (Å²) < 4.78 is 11.0. The Morgan fingerprint density at radius 2 is 2.05 bits per heavy atom. The minimum absolute atomic E-state index is 0.176. The van der Waals surface area contributed by atoms with Crippen molar-refractivity contribution in [2.24, 2.45) is 5.92 Å². The van der Waals surface area contributed by atoms with Gasteiger partial charge in [0.25, 0.3) is 0 Å². The van der Waals surface area contributed by atoms with Crippen LogP contribution >= 0.6 is 0 Å². The minimum Gasteiger partial charge on any atom is -0.496 e. The van der Waals surface area contributed by atoms with Crippen LogP contribution < -0.4 is 4.74 Å². The molecule has 0 aromatic heterocycles. The van der Waals surface area contributed by atoms with Crippen LogP contribution in [0.5, 0.6) is 5.75 Å². The number of carbonyl (C=O) groups is 1. The van der Waals surface area contributed by atoms with Crippen LogP contribution in [0.1, 0.15) is 31.9 Å². The van der Waals surface area contributed by atoms with Crippen molar-refractivity contribution in [1.29, 1.82) is 0 Å². The van der Waals surface area contributed by atoms with Gasteiger partial charge >= 0.3 is 5.97 Å². The molecule has 110 valence electrons. The lowest BCUT2D eigenvalue weighted by molar-refractivity contribution is -0.131. The van der Waals surface area contributed by atoms with E-state index < -0.39 is 5.97 Å². The van der Waals surface area contributed by atoms with E-state index in [1.165, 1.54) is 6.08 Å². The topological polar surface area (TPSA) is 55.8 Å². The first-order valence-corrected chi connectivity index (χ1v) is 6.63. The highest BCUT2D eigenvalue weighted by Crippen LogP contribution is 2.22. The van der Waals surface area contributed by atoms with Gasteiger partial charge in [-0.25, -0.2) is 4.79 Å². The second-order valence-corrected chi connectivity index (χ2v) is 5.01. The average Bonchev–Trinajstić information content (AvgIpc) is 2.42. The van der Waals surface area contributed by atoms with Gasteiger partial charge in [-0.15, -0.1) is 0 Å². The molecule has 1 rings (SSSR count). The number of methoxy groups -OCH3 is 1. The lowest BCUT2D eigenvalue weighted by atomic mass is 10.1. The fourth-order valence-corrected chi connectivity index (χ4v) is 1.59. The smallest absolute Gasteiger partial charge is 0.328 e. The van der Waals surface area contributed by atoms with E-state index in [0.717, 1.165) is 17.2 Å². The Hall–Kier alpha value is -1.81. The Balaban J connectivity index is 2.84. The molecule has 0 aliphatic rings. The molecule has 1 N–H and O–H groups in total. The van der Waals surface area contributed by atoms with Crippen molar-refractivity contribution in [2.75, 3.05) is 7.11 Å². The summed E-state index contributed by atoms with van der Waals surface area (Å²) in [4.78, 5) is 10.6.